The monoisotopic (exact) mass is 292 g/mol. The van der Waals surface area contributed by atoms with Gasteiger partial charge >= 0.3 is 5.97 Å². The van der Waals surface area contributed by atoms with E-state index in [1.54, 1.807) is 0 Å². The summed E-state index contributed by atoms with van der Waals surface area (Å²) in [6, 6.07) is 4.30. The Labute approximate surface area is 121 Å². The van der Waals surface area contributed by atoms with E-state index in [0.717, 1.165) is 0 Å². The lowest BCUT2D eigenvalue weighted by Crippen LogP contribution is -2.39. The van der Waals surface area contributed by atoms with E-state index in [1.807, 2.05) is 6.92 Å². The minimum absolute atomic E-state index is 0.0170. The lowest BCUT2D eigenvalue weighted by atomic mass is 10.0. The van der Waals surface area contributed by atoms with E-state index >= 15 is 0 Å². The van der Waals surface area contributed by atoms with Crippen LogP contribution >= 0.6 is 0 Å². The minimum atomic E-state index is -0.476. The predicted molar refractivity (Wildman–Crippen MR) is 75.0 cm³/mol. The van der Waals surface area contributed by atoms with Crippen LogP contribution in [-0.2, 0) is 20.7 Å². The summed E-state index contributed by atoms with van der Waals surface area (Å²) in [6.07, 6.45) is 1.38. The van der Waals surface area contributed by atoms with Gasteiger partial charge in [-0.1, -0.05) is 6.92 Å². The van der Waals surface area contributed by atoms with Crippen molar-refractivity contribution in [3.8, 4) is 0 Å². The highest BCUT2D eigenvalue weighted by molar-refractivity contribution is 6.00. The summed E-state index contributed by atoms with van der Waals surface area (Å²) in [6.45, 7) is 2.03. The van der Waals surface area contributed by atoms with Crippen molar-refractivity contribution in [3.63, 3.8) is 0 Å². The molecule has 0 saturated heterocycles. The predicted octanol–water partition coefficient (Wildman–Crippen LogP) is 1.83. The van der Waals surface area contributed by atoms with Gasteiger partial charge in [0.1, 0.15) is 6.54 Å². The average Bonchev–Trinajstić information content (AvgIpc) is 2.47. The van der Waals surface area contributed by atoms with Crippen LogP contribution in [0.25, 0.3) is 0 Å². The molecule has 0 N–H and O–H groups in total. The van der Waals surface area contributed by atoms with Crippen molar-refractivity contribution in [2.24, 2.45) is 0 Å². The fourth-order valence-electron chi connectivity index (χ4n) is 2.22. The maximum Gasteiger partial charge on any atom is 0.326 e. The molecule has 7 nitrogen and oxygen atoms in total. The summed E-state index contributed by atoms with van der Waals surface area (Å²) in [5.74, 6) is -0.652. The van der Waals surface area contributed by atoms with Gasteiger partial charge in [0.25, 0.3) is 5.69 Å². The first-order valence-corrected chi connectivity index (χ1v) is 6.76. The van der Waals surface area contributed by atoms with Crippen LogP contribution in [0, 0.1) is 10.1 Å². The van der Waals surface area contributed by atoms with E-state index in [0.29, 0.717) is 30.7 Å². The second-order valence-corrected chi connectivity index (χ2v) is 4.77. The Hall–Kier alpha value is -2.44. The van der Waals surface area contributed by atoms with E-state index in [9.17, 15) is 19.7 Å². The summed E-state index contributed by atoms with van der Waals surface area (Å²) in [5.41, 5.74) is 1.23. The van der Waals surface area contributed by atoms with Gasteiger partial charge in [-0.15, -0.1) is 0 Å². The van der Waals surface area contributed by atoms with E-state index < -0.39 is 10.9 Å². The third-order valence-corrected chi connectivity index (χ3v) is 3.23. The maximum atomic E-state index is 12.0. The van der Waals surface area contributed by atoms with Crippen molar-refractivity contribution >= 4 is 23.3 Å². The summed E-state index contributed by atoms with van der Waals surface area (Å²) in [5, 5.41) is 10.8. The molecule has 0 saturated carbocycles. The van der Waals surface area contributed by atoms with Crippen LogP contribution in [0.2, 0.25) is 0 Å². The first-order valence-electron chi connectivity index (χ1n) is 6.76. The largest absolute Gasteiger partial charge is 0.464 e. The molecule has 0 atom stereocenters. The molecule has 0 radical (unpaired) electrons. The Morgan fingerprint density at radius 1 is 1.43 bits per heavy atom. The highest BCUT2D eigenvalue weighted by Crippen LogP contribution is 2.30. The second-order valence-electron chi connectivity index (χ2n) is 4.77. The van der Waals surface area contributed by atoms with Crippen LogP contribution in [0.1, 0.15) is 25.3 Å². The number of nitrogens with zero attached hydrogens (tertiary/aromatic N) is 2. The molecule has 1 aromatic rings. The summed E-state index contributed by atoms with van der Waals surface area (Å²) in [7, 11) is 0. The number of ether oxygens (including phenoxy) is 1. The fraction of sp³-hybridized carbons (Fsp3) is 0.429. The molecular formula is C14H16N2O5. The Morgan fingerprint density at radius 2 is 2.19 bits per heavy atom. The molecule has 0 bridgehead atoms. The van der Waals surface area contributed by atoms with E-state index in [4.69, 9.17) is 4.74 Å². The van der Waals surface area contributed by atoms with Crippen LogP contribution in [0.5, 0.6) is 0 Å². The van der Waals surface area contributed by atoms with Crippen molar-refractivity contribution < 1.29 is 19.2 Å². The molecule has 0 spiro atoms. The van der Waals surface area contributed by atoms with Crippen LogP contribution in [0.4, 0.5) is 11.4 Å². The average molecular weight is 292 g/mol. The molecule has 0 aromatic heterocycles. The number of benzene rings is 1. The standard InChI is InChI=1S/C14H16N2O5/c1-2-7-21-14(18)9-15-12-5-4-11(16(19)20)8-10(12)3-6-13(15)17/h4-5,8H,2-3,6-7,9H2,1H3. The van der Waals surface area contributed by atoms with E-state index in [-0.39, 0.29) is 24.6 Å². The Morgan fingerprint density at radius 3 is 2.86 bits per heavy atom. The molecule has 0 aliphatic carbocycles. The third kappa shape index (κ3) is 3.36. The summed E-state index contributed by atoms with van der Waals surface area (Å²) >= 11 is 0. The lowest BCUT2D eigenvalue weighted by Gasteiger charge is -2.28. The number of hydrogen-bond donors (Lipinski definition) is 0. The molecule has 2 rings (SSSR count). The molecular weight excluding hydrogens is 276 g/mol. The minimum Gasteiger partial charge on any atom is -0.464 e. The molecule has 7 heteroatoms. The van der Waals surface area contributed by atoms with Crippen LogP contribution in [-0.4, -0.2) is 30.0 Å². The lowest BCUT2D eigenvalue weighted by molar-refractivity contribution is -0.384. The molecule has 1 aliphatic rings. The van der Waals surface area contributed by atoms with Crippen molar-refractivity contribution in [2.45, 2.75) is 26.2 Å². The Kier molecular flexibility index (Phi) is 4.52. The van der Waals surface area contributed by atoms with E-state index in [2.05, 4.69) is 0 Å². The first kappa shape index (κ1) is 15.0. The Balaban J connectivity index is 2.22. The number of fused-ring (bicyclic) bond motifs is 1. The van der Waals surface area contributed by atoms with Crippen molar-refractivity contribution in [3.05, 3.63) is 33.9 Å². The number of esters is 1. The van der Waals surface area contributed by atoms with Crippen LogP contribution < -0.4 is 4.90 Å². The third-order valence-electron chi connectivity index (χ3n) is 3.23. The number of hydrogen-bond acceptors (Lipinski definition) is 5. The number of non-ortho nitro benzene ring substituents is 1. The number of aryl methyl sites for hydroxylation is 1. The molecule has 21 heavy (non-hydrogen) atoms. The smallest absolute Gasteiger partial charge is 0.326 e. The number of nitro groups is 1. The fourth-order valence-corrected chi connectivity index (χ4v) is 2.22. The van der Waals surface area contributed by atoms with Gasteiger partial charge in [-0.25, -0.2) is 0 Å². The SMILES string of the molecule is CCCOC(=O)CN1C(=O)CCc2cc([N+](=O)[O-])ccc21. The number of carbonyl (C=O) groups excluding carboxylic acids is 2. The van der Waals surface area contributed by atoms with Crippen LogP contribution in [0.15, 0.2) is 18.2 Å². The van der Waals surface area contributed by atoms with Gasteiger partial charge in [0.15, 0.2) is 0 Å². The summed E-state index contributed by atoms with van der Waals surface area (Å²) in [4.78, 5) is 35.3. The molecule has 1 amide bonds. The number of amides is 1. The van der Waals surface area contributed by atoms with Crippen molar-refractivity contribution in [2.75, 3.05) is 18.1 Å². The maximum absolute atomic E-state index is 12.0. The van der Waals surface area contributed by atoms with E-state index in [1.165, 1.54) is 23.1 Å². The molecule has 1 aliphatic heterocycles. The normalized spacial score (nSPS) is 13.8. The highest BCUT2D eigenvalue weighted by Gasteiger charge is 2.27. The molecule has 1 aromatic carbocycles. The number of anilines is 1. The Bertz CT molecular complexity index is 585. The van der Waals surface area contributed by atoms with Crippen molar-refractivity contribution in [1.82, 2.24) is 0 Å². The molecule has 112 valence electrons. The molecule has 0 unspecified atom stereocenters. The zero-order chi connectivity index (χ0) is 15.4. The number of nitro benzene ring substituents is 1. The summed E-state index contributed by atoms with van der Waals surface area (Å²) < 4.78 is 4.98. The van der Waals surface area contributed by atoms with Gasteiger partial charge in [-0.05, 0) is 24.5 Å². The van der Waals surface area contributed by atoms with Gasteiger partial charge in [0.05, 0.1) is 11.5 Å². The van der Waals surface area contributed by atoms with Crippen LogP contribution in [0.3, 0.4) is 0 Å². The van der Waals surface area contributed by atoms with Gasteiger partial charge in [0.2, 0.25) is 5.91 Å². The van der Waals surface area contributed by atoms with Gasteiger partial charge in [-0.2, -0.15) is 0 Å². The molecule has 1 heterocycles. The topological polar surface area (TPSA) is 89.8 Å². The number of rotatable bonds is 5. The first-order chi connectivity index (χ1) is 10.0. The quantitative estimate of drug-likeness (QED) is 0.469. The zero-order valence-corrected chi connectivity index (χ0v) is 11.7. The highest BCUT2D eigenvalue weighted by atomic mass is 16.6. The van der Waals surface area contributed by atoms with Gasteiger partial charge in [-0.3, -0.25) is 19.7 Å². The number of carbonyl (C=O) groups is 2. The van der Waals surface area contributed by atoms with Gasteiger partial charge < -0.3 is 9.64 Å². The van der Waals surface area contributed by atoms with Crippen molar-refractivity contribution in [1.29, 1.82) is 0 Å². The molecule has 0 fully saturated rings. The zero-order valence-electron chi connectivity index (χ0n) is 11.7. The van der Waals surface area contributed by atoms with Gasteiger partial charge in [0, 0.05) is 24.2 Å². The second kappa shape index (κ2) is 6.34.